The zero-order valence-electron chi connectivity index (χ0n) is 21.9. The van der Waals surface area contributed by atoms with Crippen LogP contribution in [0.25, 0.3) is 16.6 Å². The molecule has 3 aliphatic rings. The van der Waals surface area contributed by atoms with Gasteiger partial charge in [0.1, 0.15) is 17.7 Å². The molecule has 0 unspecified atom stereocenters. The molecule has 0 spiro atoms. The third-order valence-electron chi connectivity index (χ3n) is 8.72. The van der Waals surface area contributed by atoms with E-state index < -0.39 is 6.10 Å². The molecule has 4 heterocycles. The summed E-state index contributed by atoms with van der Waals surface area (Å²) in [5.74, 6) is 2.07. The number of pyridine rings is 1. The van der Waals surface area contributed by atoms with Gasteiger partial charge >= 0.3 is 0 Å². The summed E-state index contributed by atoms with van der Waals surface area (Å²) >= 11 is 0. The number of nitrogens with zero attached hydrogens (tertiary/aromatic N) is 4. The van der Waals surface area contributed by atoms with Crippen LogP contribution in [0, 0.1) is 5.92 Å². The van der Waals surface area contributed by atoms with Crippen molar-refractivity contribution in [2.45, 2.75) is 62.6 Å². The Hall–Kier alpha value is -3.27. The van der Waals surface area contributed by atoms with Crippen LogP contribution in [0.4, 0.5) is 0 Å². The number of aromatic nitrogens is 5. The zero-order chi connectivity index (χ0) is 26.0. The van der Waals surface area contributed by atoms with Crippen LogP contribution in [0.1, 0.15) is 61.2 Å². The Balaban J connectivity index is 1.28. The lowest BCUT2D eigenvalue weighted by Gasteiger charge is -2.46. The van der Waals surface area contributed by atoms with Gasteiger partial charge in [-0.15, -0.1) is 10.2 Å². The molecule has 1 aromatic carbocycles. The molecule has 3 N–H and O–H groups in total. The van der Waals surface area contributed by atoms with Gasteiger partial charge in [0.25, 0.3) is 5.56 Å². The van der Waals surface area contributed by atoms with Crippen LogP contribution < -0.4 is 10.9 Å². The Morgan fingerprint density at radius 2 is 2.08 bits per heavy atom. The number of ether oxygens (including phenoxy) is 1. The van der Waals surface area contributed by atoms with Gasteiger partial charge in [-0.1, -0.05) is 19.1 Å². The maximum absolute atomic E-state index is 13.9. The summed E-state index contributed by atoms with van der Waals surface area (Å²) < 4.78 is 9.19. The maximum atomic E-state index is 13.9. The molecule has 198 valence electrons. The van der Waals surface area contributed by atoms with E-state index in [1.54, 1.807) is 6.33 Å². The van der Waals surface area contributed by atoms with Crippen molar-refractivity contribution in [2.24, 2.45) is 13.0 Å². The molecule has 3 aromatic heterocycles. The normalized spacial score (nSPS) is 27.2. The van der Waals surface area contributed by atoms with Gasteiger partial charge in [0.15, 0.2) is 0 Å². The fraction of sp³-hybridized carbons (Fsp3) is 0.483. The minimum atomic E-state index is -0.505. The monoisotopic (exact) mass is 514 g/mol. The van der Waals surface area contributed by atoms with Crippen LogP contribution in [-0.4, -0.2) is 54.8 Å². The first-order valence-electron chi connectivity index (χ1n) is 13.6. The molecule has 4 aromatic rings. The lowest BCUT2D eigenvalue weighted by atomic mass is 9.58. The highest BCUT2D eigenvalue weighted by molar-refractivity contribution is 5.84. The Bertz CT molecular complexity index is 1560. The number of hydrogen-bond acceptors (Lipinski definition) is 6. The first-order chi connectivity index (χ1) is 18.4. The van der Waals surface area contributed by atoms with E-state index in [4.69, 9.17) is 4.74 Å². The van der Waals surface area contributed by atoms with Crippen molar-refractivity contribution in [1.29, 1.82) is 0 Å². The largest absolute Gasteiger partial charge is 0.389 e. The molecule has 9 nitrogen and oxygen atoms in total. The summed E-state index contributed by atoms with van der Waals surface area (Å²) in [5, 5.41) is 23.1. The lowest BCUT2D eigenvalue weighted by Crippen LogP contribution is -2.43. The maximum Gasteiger partial charge on any atom is 0.279 e. The molecule has 38 heavy (non-hydrogen) atoms. The van der Waals surface area contributed by atoms with Crippen molar-refractivity contribution in [2.75, 3.05) is 13.2 Å². The fourth-order valence-corrected chi connectivity index (χ4v) is 6.63. The van der Waals surface area contributed by atoms with E-state index in [-0.39, 0.29) is 17.0 Å². The van der Waals surface area contributed by atoms with Gasteiger partial charge in [-0.3, -0.25) is 9.36 Å². The number of H-pyrrole nitrogens is 1. The number of aliphatic hydroxyl groups is 1. The third kappa shape index (κ3) is 3.83. The quantitative estimate of drug-likeness (QED) is 0.350. The zero-order valence-corrected chi connectivity index (χ0v) is 21.9. The number of fused-ring (bicyclic) bond motifs is 1. The highest BCUT2D eigenvalue weighted by atomic mass is 16.5. The summed E-state index contributed by atoms with van der Waals surface area (Å²) in [6.07, 6.45) is 7.63. The second-order valence-corrected chi connectivity index (χ2v) is 11.6. The van der Waals surface area contributed by atoms with E-state index in [0.29, 0.717) is 37.1 Å². The standard InChI is InChI=1S/C29H34N6O3/c1-17-10-29(11-17,28-33-31-16-34(28)2)19-4-3-5-21(8-19)35-13-23(18-6-7-18)22-9-20(32-26(22)27(35)37)12-30-24-14-38-15-25(24)36/h3-5,8-9,13,16-18,24-25,30,32,36H,6-7,10-12,14-15H2,1-2H3/t17?,24-,25+,29?/m1/s1. The topological polar surface area (TPSA) is 110 Å². The van der Waals surface area contributed by atoms with Crippen molar-refractivity contribution in [1.82, 2.24) is 29.6 Å². The van der Waals surface area contributed by atoms with Gasteiger partial charge < -0.3 is 24.7 Å². The van der Waals surface area contributed by atoms with E-state index in [1.807, 2.05) is 22.2 Å². The van der Waals surface area contributed by atoms with Crippen LogP contribution in [0.3, 0.4) is 0 Å². The number of benzene rings is 1. The Kier molecular flexibility index (Phi) is 5.58. The molecule has 2 aliphatic carbocycles. The van der Waals surface area contributed by atoms with Crippen molar-refractivity contribution in [3.05, 3.63) is 75.9 Å². The fourth-order valence-electron chi connectivity index (χ4n) is 6.63. The van der Waals surface area contributed by atoms with E-state index in [2.05, 4.69) is 57.9 Å². The molecule has 2 atom stereocenters. The second kappa shape index (κ2) is 8.90. The summed E-state index contributed by atoms with van der Waals surface area (Å²) in [6, 6.07) is 10.4. The highest BCUT2D eigenvalue weighted by Crippen LogP contribution is 2.51. The molecule has 0 amide bonds. The first-order valence-corrected chi connectivity index (χ1v) is 13.6. The number of nitrogens with one attached hydrogen (secondary N) is 2. The van der Waals surface area contributed by atoms with Gasteiger partial charge in [0, 0.05) is 36.6 Å². The van der Waals surface area contributed by atoms with Crippen LogP contribution in [0.5, 0.6) is 0 Å². The minimum Gasteiger partial charge on any atom is -0.389 e. The second-order valence-electron chi connectivity index (χ2n) is 11.6. The van der Waals surface area contributed by atoms with Crippen LogP contribution in [-0.2, 0) is 23.7 Å². The molecule has 2 saturated carbocycles. The van der Waals surface area contributed by atoms with E-state index in [9.17, 15) is 9.90 Å². The predicted octanol–water partition coefficient (Wildman–Crippen LogP) is 2.89. The first kappa shape index (κ1) is 23.8. The molecular weight excluding hydrogens is 480 g/mol. The summed E-state index contributed by atoms with van der Waals surface area (Å²) in [7, 11) is 2.00. The van der Waals surface area contributed by atoms with Crippen molar-refractivity contribution in [3.8, 4) is 5.69 Å². The smallest absolute Gasteiger partial charge is 0.279 e. The summed E-state index contributed by atoms with van der Waals surface area (Å²) in [4.78, 5) is 17.3. The van der Waals surface area contributed by atoms with E-state index in [1.165, 1.54) is 11.1 Å². The Morgan fingerprint density at radius 1 is 1.24 bits per heavy atom. The van der Waals surface area contributed by atoms with Crippen LogP contribution in [0.2, 0.25) is 0 Å². The molecule has 1 aliphatic heterocycles. The highest BCUT2D eigenvalue weighted by Gasteiger charge is 2.48. The van der Waals surface area contributed by atoms with Gasteiger partial charge in [0.05, 0.1) is 30.8 Å². The number of aryl methyl sites for hydroxylation is 1. The number of aliphatic hydroxyl groups excluding tert-OH is 1. The third-order valence-corrected chi connectivity index (χ3v) is 8.72. The average molecular weight is 515 g/mol. The summed E-state index contributed by atoms with van der Waals surface area (Å²) in [6.45, 7) is 3.66. The number of rotatable bonds is 7. The number of aromatic amines is 1. The molecule has 3 fully saturated rings. The van der Waals surface area contributed by atoms with Crippen LogP contribution >= 0.6 is 0 Å². The summed E-state index contributed by atoms with van der Waals surface area (Å²) in [5.41, 5.74) is 4.61. The van der Waals surface area contributed by atoms with E-state index >= 15 is 0 Å². The predicted molar refractivity (Wildman–Crippen MR) is 144 cm³/mol. The van der Waals surface area contributed by atoms with Gasteiger partial charge in [-0.25, -0.2) is 0 Å². The van der Waals surface area contributed by atoms with E-state index in [0.717, 1.165) is 48.3 Å². The van der Waals surface area contributed by atoms with Crippen molar-refractivity contribution in [3.63, 3.8) is 0 Å². The molecular formula is C29H34N6O3. The Labute approximate surface area is 220 Å². The molecule has 7 rings (SSSR count). The van der Waals surface area contributed by atoms with Gasteiger partial charge in [-0.05, 0) is 66.8 Å². The SMILES string of the molecule is CC1CC(c2cccc(-n3cc(C4CC4)c4cc(CN[C@@H]5COC[C@@H]5O)[nH]c4c3=O)c2)(c2nncn2C)C1. The van der Waals surface area contributed by atoms with Crippen LogP contribution in [0.15, 0.2) is 47.7 Å². The molecule has 1 saturated heterocycles. The number of hydrogen-bond donors (Lipinski definition) is 3. The molecule has 0 bridgehead atoms. The molecule has 0 radical (unpaired) electrons. The van der Waals surface area contributed by atoms with Crippen molar-refractivity contribution < 1.29 is 9.84 Å². The lowest BCUT2D eigenvalue weighted by molar-refractivity contribution is 0.122. The van der Waals surface area contributed by atoms with Gasteiger partial charge in [0.2, 0.25) is 0 Å². The van der Waals surface area contributed by atoms with Gasteiger partial charge in [-0.2, -0.15) is 0 Å². The minimum absolute atomic E-state index is 0.0493. The van der Waals surface area contributed by atoms with Crippen molar-refractivity contribution >= 4 is 10.9 Å². The average Bonchev–Trinajstić information content (AvgIpc) is 3.27. The molecule has 9 heteroatoms. The Morgan fingerprint density at radius 3 is 2.76 bits per heavy atom.